The second-order valence-corrected chi connectivity index (χ2v) is 7.22. The number of carbonyl (C=O) groups is 2. The highest BCUT2D eigenvalue weighted by Crippen LogP contribution is 2.28. The number of thioether (sulfide) groups is 1. The summed E-state index contributed by atoms with van der Waals surface area (Å²) in [6.07, 6.45) is 0.524. The molecule has 4 nitrogen and oxygen atoms in total. The fraction of sp³-hybridized carbons (Fsp3) is 0.467. The molecule has 0 saturated carbocycles. The molecule has 1 aromatic carbocycles. The van der Waals surface area contributed by atoms with E-state index in [0.29, 0.717) is 25.3 Å². The summed E-state index contributed by atoms with van der Waals surface area (Å²) in [6.45, 7) is 2.81. The van der Waals surface area contributed by atoms with E-state index in [9.17, 15) is 9.59 Å². The maximum Gasteiger partial charge on any atom is 0.223 e. The van der Waals surface area contributed by atoms with Crippen LogP contribution in [0.3, 0.4) is 0 Å². The molecular weight excluding hydrogens is 354 g/mol. The minimum absolute atomic E-state index is 0.106. The van der Waals surface area contributed by atoms with E-state index >= 15 is 0 Å². The molecule has 1 unspecified atom stereocenters. The molecule has 2 rings (SSSR count). The summed E-state index contributed by atoms with van der Waals surface area (Å²) >= 11 is 4.74. The van der Waals surface area contributed by atoms with Crippen molar-refractivity contribution in [2.75, 3.05) is 19.4 Å². The van der Waals surface area contributed by atoms with Crippen molar-refractivity contribution in [1.82, 2.24) is 4.90 Å². The lowest BCUT2D eigenvalue weighted by Gasteiger charge is -2.18. The number of likely N-dealkylation sites (tertiary alicyclic amines) is 1. The van der Waals surface area contributed by atoms with Crippen molar-refractivity contribution in [2.24, 2.45) is 5.92 Å². The van der Waals surface area contributed by atoms with Crippen molar-refractivity contribution >= 4 is 38.7 Å². The molecule has 1 saturated heterocycles. The van der Waals surface area contributed by atoms with Crippen molar-refractivity contribution in [3.8, 4) is 5.75 Å². The molecule has 21 heavy (non-hydrogen) atoms. The molecule has 1 aliphatic rings. The first-order chi connectivity index (χ1) is 9.99. The molecule has 0 aliphatic carbocycles. The van der Waals surface area contributed by atoms with E-state index in [-0.39, 0.29) is 16.9 Å². The Balaban J connectivity index is 2.01. The number of hydrogen-bond donors (Lipinski definition) is 0. The Bertz CT molecular complexity index is 550. The molecule has 1 aromatic rings. The fourth-order valence-corrected chi connectivity index (χ4v) is 3.53. The van der Waals surface area contributed by atoms with Crippen LogP contribution in [0, 0.1) is 5.92 Å². The Morgan fingerprint density at radius 2 is 2.29 bits per heavy atom. The van der Waals surface area contributed by atoms with Gasteiger partial charge in [-0.25, -0.2) is 0 Å². The van der Waals surface area contributed by atoms with E-state index in [4.69, 9.17) is 4.74 Å². The van der Waals surface area contributed by atoms with Crippen molar-refractivity contribution < 1.29 is 14.3 Å². The number of halogens is 1. The minimum atomic E-state index is 0.106. The first kappa shape index (κ1) is 16.4. The van der Waals surface area contributed by atoms with Crippen LogP contribution in [0.2, 0.25) is 0 Å². The topological polar surface area (TPSA) is 46.6 Å². The SMILES string of the molecule is COc1ccc(Br)cc1CN1CC(CSC(C)=O)CC1=O. The van der Waals surface area contributed by atoms with Crippen LogP contribution in [-0.2, 0) is 16.1 Å². The van der Waals surface area contributed by atoms with Gasteiger partial charge in [0.25, 0.3) is 0 Å². The van der Waals surface area contributed by atoms with Crippen LogP contribution in [0.5, 0.6) is 5.75 Å². The molecule has 1 amide bonds. The van der Waals surface area contributed by atoms with Crippen molar-refractivity contribution in [3.05, 3.63) is 28.2 Å². The fourth-order valence-electron chi connectivity index (χ4n) is 2.43. The molecule has 0 spiro atoms. The number of rotatable bonds is 5. The number of benzene rings is 1. The summed E-state index contributed by atoms with van der Waals surface area (Å²) in [5.41, 5.74) is 0.986. The first-order valence-corrected chi connectivity index (χ1v) is 8.51. The smallest absolute Gasteiger partial charge is 0.223 e. The van der Waals surface area contributed by atoms with Gasteiger partial charge in [-0.05, 0) is 24.1 Å². The maximum absolute atomic E-state index is 12.1. The summed E-state index contributed by atoms with van der Waals surface area (Å²) in [6, 6.07) is 5.78. The molecule has 1 atom stereocenters. The van der Waals surface area contributed by atoms with Gasteiger partial charge in [0.05, 0.1) is 7.11 Å². The summed E-state index contributed by atoms with van der Waals surface area (Å²) in [7, 11) is 1.63. The van der Waals surface area contributed by atoms with Gasteiger partial charge in [0.15, 0.2) is 5.12 Å². The highest BCUT2D eigenvalue weighted by Gasteiger charge is 2.30. The van der Waals surface area contributed by atoms with Crippen molar-refractivity contribution in [2.45, 2.75) is 19.9 Å². The average molecular weight is 372 g/mol. The number of hydrogen-bond acceptors (Lipinski definition) is 4. The molecule has 1 heterocycles. The zero-order valence-electron chi connectivity index (χ0n) is 12.1. The molecule has 1 aliphatic heterocycles. The number of nitrogens with zero attached hydrogens (tertiary/aromatic N) is 1. The molecule has 114 valence electrons. The molecule has 0 aromatic heterocycles. The van der Waals surface area contributed by atoms with Crippen LogP contribution in [0.15, 0.2) is 22.7 Å². The average Bonchev–Trinajstić information content (AvgIpc) is 2.77. The van der Waals surface area contributed by atoms with Crippen molar-refractivity contribution in [3.63, 3.8) is 0 Å². The second kappa shape index (κ2) is 7.31. The predicted octanol–water partition coefficient (Wildman–Crippen LogP) is 3.09. The monoisotopic (exact) mass is 371 g/mol. The molecule has 0 radical (unpaired) electrons. The highest BCUT2D eigenvalue weighted by atomic mass is 79.9. The van der Waals surface area contributed by atoms with E-state index in [0.717, 1.165) is 15.8 Å². The number of carbonyl (C=O) groups excluding carboxylic acids is 2. The van der Waals surface area contributed by atoms with Crippen LogP contribution >= 0.6 is 27.7 Å². The van der Waals surface area contributed by atoms with Crippen LogP contribution in [-0.4, -0.2) is 35.3 Å². The van der Waals surface area contributed by atoms with Gasteiger partial charge < -0.3 is 9.64 Å². The second-order valence-electron chi connectivity index (χ2n) is 5.10. The molecule has 0 bridgehead atoms. The highest BCUT2D eigenvalue weighted by molar-refractivity contribution is 9.10. The Labute approximate surface area is 137 Å². The standard InChI is InChI=1S/C15H18BrNO3S/c1-10(18)21-9-11-5-15(19)17(7-11)8-12-6-13(16)3-4-14(12)20-2/h3-4,6,11H,5,7-9H2,1-2H3. The molecule has 6 heteroatoms. The molecule has 1 fully saturated rings. The largest absolute Gasteiger partial charge is 0.496 e. The van der Waals surface area contributed by atoms with E-state index in [1.54, 1.807) is 14.0 Å². The normalized spacial score (nSPS) is 18.1. The Hall–Kier alpha value is -1.01. The number of methoxy groups -OCH3 is 1. The lowest BCUT2D eigenvalue weighted by molar-refractivity contribution is -0.128. The van der Waals surface area contributed by atoms with Crippen LogP contribution < -0.4 is 4.74 Å². The summed E-state index contributed by atoms with van der Waals surface area (Å²) in [5, 5.41) is 0.106. The zero-order valence-corrected chi connectivity index (χ0v) is 14.5. The van der Waals surface area contributed by atoms with Crippen LogP contribution in [0.4, 0.5) is 0 Å². The Morgan fingerprint density at radius 3 is 2.95 bits per heavy atom. The van der Waals surface area contributed by atoms with Gasteiger partial charge in [0, 0.05) is 42.2 Å². The summed E-state index contributed by atoms with van der Waals surface area (Å²) in [5.74, 6) is 1.90. The predicted molar refractivity (Wildman–Crippen MR) is 87.4 cm³/mol. The summed E-state index contributed by atoms with van der Waals surface area (Å²) < 4.78 is 6.31. The minimum Gasteiger partial charge on any atom is -0.496 e. The van der Waals surface area contributed by atoms with E-state index in [1.165, 1.54) is 11.8 Å². The van der Waals surface area contributed by atoms with Gasteiger partial charge in [0.1, 0.15) is 5.75 Å². The number of amides is 1. The lowest BCUT2D eigenvalue weighted by Crippen LogP contribution is -2.25. The van der Waals surface area contributed by atoms with Gasteiger partial charge in [0.2, 0.25) is 5.91 Å². The Morgan fingerprint density at radius 1 is 1.52 bits per heavy atom. The van der Waals surface area contributed by atoms with Crippen LogP contribution in [0.25, 0.3) is 0 Å². The third-order valence-electron chi connectivity index (χ3n) is 3.42. The van der Waals surface area contributed by atoms with E-state index < -0.39 is 0 Å². The van der Waals surface area contributed by atoms with Crippen LogP contribution in [0.1, 0.15) is 18.9 Å². The quantitative estimate of drug-likeness (QED) is 0.797. The third-order valence-corrected chi connectivity index (χ3v) is 4.96. The van der Waals surface area contributed by atoms with E-state index in [2.05, 4.69) is 15.9 Å². The van der Waals surface area contributed by atoms with E-state index in [1.807, 2.05) is 23.1 Å². The van der Waals surface area contributed by atoms with Crippen molar-refractivity contribution in [1.29, 1.82) is 0 Å². The third kappa shape index (κ3) is 4.48. The summed E-state index contributed by atoms with van der Waals surface area (Å²) in [4.78, 5) is 25.0. The van der Waals surface area contributed by atoms with Gasteiger partial charge in [-0.1, -0.05) is 27.7 Å². The van der Waals surface area contributed by atoms with Gasteiger partial charge in [-0.15, -0.1) is 0 Å². The maximum atomic E-state index is 12.1. The van der Waals surface area contributed by atoms with Gasteiger partial charge in [-0.3, -0.25) is 9.59 Å². The number of ether oxygens (including phenoxy) is 1. The lowest BCUT2D eigenvalue weighted by atomic mass is 10.1. The van der Waals surface area contributed by atoms with Gasteiger partial charge in [-0.2, -0.15) is 0 Å². The Kier molecular flexibility index (Phi) is 5.70. The van der Waals surface area contributed by atoms with Gasteiger partial charge >= 0.3 is 0 Å². The first-order valence-electron chi connectivity index (χ1n) is 6.73. The molecular formula is C15H18BrNO3S. The molecule has 0 N–H and O–H groups in total. The zero-order chi connectivity index (χ0) is 15.4.